The molecule has 23 heavy (non-hydrogen) atoms. The van der Waals surface area contributed by atoms with E-state index in [1.54, 1.807) is 7.05 Å². The first-order valence-corrected chi connectivity index (χ1v) is 9.45. The standard InChI is InChI=1S/C16H27N3O3S/c1-14(2)18(3)23(20,21)17-13-16(15-7-5-4-6-8-15)19-9-11-22-12-10-19/h4-8,14,16-17H,9-13H2,1-3H3. The van der Waals surface area contributed by atoms with Crippen LogP contribution in [0.2, 0.25) is 0 Å². The predicted molar refractivity (Wildman–Crippen MR) is 91.4 cm³/mol. The van der Waals surface area contributed by atoms with E-state index in [1.807, 2.05) is 44.2 Å². The summed E-state index contributed by atoms with van der Waals surface area (Å²) in [4.78, 5) is 2.27. The molecule has 0 bridgehead atoms. The molecule has 2 rings (SSSR count). The van der Waals surface area contributed by atoms with Crippen molar-refractivity contribution in [2.75, 3.05) is 39.9 Å². The normalized spacial score (nSPS) is 18.5. The molecule has 1 aliphatic rings. The van der Waals surface area contributed by atoms with Crippen molar-refractivity contribution >= 4 is 10.2 Å². The molecule has 0 aliphatic carbocycles. The van der Waals surface area contributed by atoms with Crippen LogP contribution in [0.15, 0.2) is 30.3 Å². The van der Waals surface area contributed by atoms with Gasteiger partial charge < -0.3 is 4.74 Å². The summed E-state index contributed by atoms with van der Waals surface area (Å²) in [7, 11) is -1.88. The average Bonchev–Trinajstić information content (AvgIpc) is 2.56. The Morgan fingerprint density at radius 2 is 1.83 bits per heavy atom. The molecule has 1 N–H and O–H groups in total. The van der Waals surface area contributed by atoms with Gasteiger partial charge in [0.05, 0.1) is 13.2 Å². The van der Waals surface area contributed by atoms with Crippen LogP contribution in [-0.4, -0.2) is 63.6 Å². The molecule has 0 aromatic heterocycles. The second kappa shape index (κ2) is 8.21. The van der Waals surface area contributed by atoms with Crippen molar-refractivity contribution in [3.8, 4) is 0 Å². The van der Waals surface area contributed by atoms with Gasteiger partial charge in [-0.25, -0.2) is 4.72 Å². The molecule has 130 valence electrons. The zero-order valence-electron chi connectivity index (χ0n) is 14.1. The van der Waals surface area contributed by atoms with Gasteiger partial charge in [0, 0.05) is 38.8 Å². The minimum Gasteiger partial charge on any atom is -0.379 e. The van der Waals surface area contributed by atoms with Crippen molar-refractivity contribution in [1.29, 1.82) is 0 Å². The number of hydrogen-bond donors (Lipinski definition) is 1. The Morgan fingerprint density at radius 3 is 2.39 bits per heavy atom. The zero-order valence-corrected chi connectivity index (χ0v) is 14.9. The largest absolute Gasteiger partial charge is 0.379 e. The van der Waals surface area contributed by atoms with Gasteiger partial charge >= 0.3 is 0 Å². The van der Waals surface area contributed by atoms with Gasteiger partial charge in [-0.3, -0.25) is 4.90 Å². The molecule has 1 fully saturated rings. The van der Waals surface area contributed by atoms with Gasteiger partial charge in [-0.1, -0.05) is 30.3 Å². The fraction of sp³-hybridized carbons (Fsp3) is 0.625. The number of morpholine rings is 1. The monoisotopic (exact) mass is 341 g/mol. The lowest BCUT2D eigenvalue weighted by Gasteiger charge is -2.35. The second-order valence-corrected chi connectivity index (χ2v) is 7.85. The van der Waals surface area contributed by atoms with E-state index in [-0.39, 0.29) is 12.1 Å². The summed E-state index contributed by atoms with van der Waals surface area (Å²) in [6.07, 6.45) is 0. The van der Waals surface area contributed by atoms with Gasteiger partial charge in [0.25, 0.3) is 10.2 Å². The molecule has 1 aromatic carbocycles. The van der Waals surface area contributed by atoms with Crippen molar-refractivity contribution in [3.05, 3.63) is 35.9 Å². The van der Waals surface area contributed by atoms with Crippen LogP contribution in [0.25, 0.3) is 0 Å². The summed E-state index contributed by atoms with van der Waals surface area (Å²) >= 11 is 0. The molecule has 1 saturated heterocycles. The minimum absolute atomic E-state index is 0.00966. The van der Waals surface area contributed by atoms with Crippen molar-refractivity contribution in [3.63, 3.8) is 0 Å². The molecule has 1 heterocycles. The molecule has 0 saturated carbocycles. The van der Waals surface area contributed by atoms with Crippen LogP contribution >= 0.6 is 0 Å². The van der Waals surface area contributed by atoms with Crippen LogP contribution < -0.4 is 4.72 Å². The summed E-state index contributed by atoms with van der Waals surface area (Å²) in [6.45, 7) is 7.04. The van der Waals surface area contributed by atoms with E-state index in [0.717, 1.165) is 18.7 Å². The second-order valence-electron chi connectivity index (χ2n) is 6.04. The van der Waals surface area contributed by atoms with Crippen LogP contribution in [-0.2, 0) is 14.9 Å². The van der Waals surface area contributed by atoms with Crippen LogP contribution in [0.3, 0.4) is 0 Å². The maximum absolute atomic E-state index is 12.4. The van der Waals surface area contributed by atoms with E-state index < -0.39 is 10.2 Å². The molecule has 6 nitrogen and oxygen atoms in total. The Morgan fingerprint density at radius 1 is 1.22 bits per heavy atom. The number of rotatable bonds is 7. The molecule has 0 spiro atoms. The van der Waals surface area contributed by atoms with E-state index in [2.05, 4.69) is 9.62 Å². The van der Waals surface area contributed by atoms with Crippen LogP contribution in [0.4, 0.5) is 0 Å². The third-order valence-corrected chi connectivity index (χ3v) is 5.95. The summed E-state index contributed by atoms with van der Waals surface area (Å²) in [5.74, 6) is 0. The zero-order chi connectivity index (χ0) is 16.9. The number of nitrogens with one attached hydrogen (secondary N) is 1. The Bertz CT molecular complexity index is 571. The van der Waals surface area contributed by atoms with Crippen molar-refractivity contribution in [2.45, 2.75) is 25.9 Å². The number of benzene rings is 1. The van der Waals surface area contributed by atoms with Gasteiger partial charge in [-0.2, -0.15) is 12.7 Å². The fourth-order valence-electron chi connectivity index (χ4n) is 2.59. The molecule has 1 atom stereocenters. The Balaban J connectivity index is 2.12. The van der Waals surface area contributed by atoms with Gasteiger partial charge in [0.1, 0.15) is 0 Å². The van der Waals surface area contributed by atoms with Gasteiger partial charge in [-0.05, 0) is 19.4 Å². The highest BCUT2D eigenvalue weighted by Crippen LogP contribution is 2.21. The maximum atomic E-state index is 12.4. The molecular formula is C16H27N3O3S. The summed E-state index contributed by atoms with van der Waals surface area (Å²) < 4.78 is 34.2. The molecule has 0 amide bonds. The Hall–Kier alpha value is -0.990. The Kier molecular flexibility index (Phi) is 6.55. The van der Waals surface area contributed by atoms with Crippen molar-refractivity contribution < 1.29 is 13.2 Å². The average molecular weight is 341 g/mol. The Labute approximate surface area is 139 Å². The third-order valence-electron chi connectivity index (χ3n) is 4.24. The third kappa shape index (κ3) is 4.99. The smallest absolute Gasteiger partial charge is 0.279 e. The van der Waals surface area contributed by atoms with E-state index in [9.17, 15) is 8.42 Å². The molecule has 1 unspecified atom stereocenters. The van der Waals surface area contributed by atoms with Gasteiger partial charge in [0.15, 0.2) is 0 Å². The summed E-state index contributed by atoms with van der Waals surface area (Å²) in [5.41, 5.74) is 1.12. The number of ether oxygens (including phenoxy) is 1. The first-order chi connectivity index (χ1) is 10.9. The van der Waals surface area contributed by atoms with Crippen molar-refractivity contribution in [2.24, 2.45) is 0 Å². The molecular weight excluding hydrogens is 314 g/mol. The fourth-order valence-corrected chi connectivity index (χ4v) is 3.71. The van der Waals surface area contributed by atoms with Crippen LogP contribution in [0.1, 0.15) is 25.5 Å². The summed E-state index contributed by atoms with van der Waals surface area (Å²) in [6, 6.07) is 9.95. The minimum atomic E-state index is -3.48. The predicted octanol–water partition coefficient (Wildman–Crippen LogP) is 1.23. The van der Waals surface area contributed by atoms with Crippen LogP contribution in [0.5, 0.6) is 0 Å². The highest BCUT2D eigenvalue weighted by molar-refractivity contribution is 7.87. The molecule has 1 aromatic rings. The van der Waals surface area contributed by atoms with Crippen LogP contribution in [0, 0.1) is 0 Å². The number of nitrogens with zero attached hydrogens (tertiary/aromatic N) is 2. The number of hydrogen-bond acceptors (Lipinski definition) is 4. The highest BCUT2D eigenvalue weighted by Gasteiger charge is 2.26. The topological polar surface area (TPSA) is 61.9 Å². The van der Waals surface area contributed by atoms with E-state index in [1.165, 1.54) is 4.31 Å². The molecule has 0 radical (unpaired) electrons. The lowest BCUT2D eigenvalue weighted by molar-refractivity contribution is 0.0171. The lowest BCUT2D eigenvalue weighted by atomic mass is 10.1. The summed E-state index contributed by atoms with van der Waals surface area (Å²) in [5, 5.41) is 0. The SMILES string of the molecule is CC(C)N(C)S(=O)(=O)NCC(c1ccccc1)N1CCOCC1. The van der Waals surface area contributed by atoms with Crippen molar-refractivity contribution in [1.82, 2.24) is 13.9 Å². The van der Waals surface area contributed by atoms with E-state index in [4.69, 9.17) is 4.74 Å². The molecule has 7 heteroatoms. The molecule has 1 aliphatic heterocycles. The van der Waals surface area contributed by atoms with E-state index in [0.29, 0.717) is 19.8 Å². The quantitative estimate of drug-likeness (QED) is 0.810. The maximum Gasteiger partial charge on any atom is 0.279 e. The first-order valence-electron chi connectivity index (χ1n) is 8.01. The highest BCUT2D eigenvalue weighted by atomic mass is 32.2. The lowest BCUT2D eigenvalue weighted by Crippen LogP contribution is -2.47. The van der Waals surface area contributed by atoms with E-state index >= 15 is 0 Å². The van der Waals surface area contributed by atoms with Gasteiger partial charge in [-0.15, -0.1) is 0 Å². The van der Waals surface area contributed by atoms with Gasteiger partial charge in [0.2, 0.25) is 0 Å². The first kappa shape index (κ1) is 18.4.